The van der Waals surface area contributed by atoms with Crippen molar-refractivity contribution in [3.63, 3.8) is 0 Å². The first-order valence-corrected chi connectivity index (χ1v) is 13.9. The van der Waals surface area contributed by atoms with Gasteiger partial charge in [0.2, 0.25) is 0 Å². The number of hydrogen-bond donors (Lipinski definition) is 0. The molecule has 1 aromatic carbocycles. The van der Waals surface area contributed by atoms with Gasteiger partial charge in [0, 0.05) is 11.5 Å². The Bertz CT molecular complexity index is 982. The van der Waals surface area contributed by atoms with Crippen LogP contribution < -0.4 is 5.11 Å². The summed E-state index contributed by atoms with van der Waals surface area (Å²) < 4.78 is 49.5. The van der Waals surface area contributed by atoms with Crippen LogP contribution in [0.4, 0.5) is 0 Å². The first-order valence-electron chi connectivity index (χ1n) is 13.9. The summed E-state index contributed by atoms with van der Waals surface area (Å²) in [7, 11) is 0. The van der Waals surface area contributed by atoms with E-state index in [1.54, 1.807) is 0 Å². The van der Waals surface area contributed by atoms with Crippen molar-refractivity contribution in [2.45, 2.75) is 121 Å². The number of benzene rings is 1. The van der Waals surface area contributed by atoms with Crippen molar-refractivity contribution in [1.29, 1.82) is 0 Å². The van der Waals surface area contributed by atoms with Crippen LogP contribution in [0.1, 0.15) is 66.2 Å². The van der Waals surface area contributed by atoms with Crippen molar-refractivity contribution in [2.75, 3.05) is 13.2 Å². The van der Waals surface area contributed by atoms with E-state index in [0.29, 0.717) is 19.6 Å². The second kappa shape index (κ2) is 9.75. The zero-order valence-electron chi connectivity index (χ0n) is 23.2. The molecule has 5 aliphatic rings. The van der Waals surface area contributed by atoms with E-state index >= 15 is 0 Å². The first kappa shape index (κ1) is 27.1. The van der Waals surface area contributed by atoms with Gasteiger partial charge in [0.05, 0.1) is 43.7 Å². The molecule has 0 N–H and O–H groups in total. The van der Waals surface area contributed by atoms with Crippen molar-refractivity contribution in [3.05, 3.63) is 35.9 Å². The highest BCUT2D eigenvalue weighted by Crippen LogP contribution is 2.51. The summed E-state index contributed by atoms with van der Waals surface area (Å²) in [5, 5.41) is 13.9. The topological polar surface area (TPSA) is 96.9 Å². The molecule has 10 atom stereocenters. The average Bonchev–Trinajstić information content (AvgIpc) is 3.55. The molecule has 0 spiro atoms. The monoisotopic (exact) mass is 533 g/mol. The van der Waals surface area contributed by atoms with Gasteiger partial charge in [-0.2, -0.15) is 0 Å². The minimum absolute atomic E-state index is 0.0146. The van der Waals surface area contributed by atoms with E-state index in [1.165, 1.54) is 0 Å². The van der Waals surface area contributed by atoms with Crippen molar-refractivity contribution < 1.29 is 43.0 Å². The summed E-state index contributed by atoms with van der Waals surface area (Å²) in [4.78, 5) is 0. The predicted molar refractivity (Wildman–Crippen MR) is 133 cm³/mol. The highest BCUT2D eigenvalue weighted by molar-refractivity contribution is 5.17. The minimum atomic E-state index is -1.14. The van der Waals surface area contributed by atoms with Gasteiger partial charge in [0.15, 0.2) is 23.7 Å². The van der Waals surface area contributed by atoms with E-state index < -0.39 is 48.1 Å². The Morgan fingerprint density at radius 1 is 0.737 bits per heavy atom. The Labute approximate surface area is 224 Å². The molecule has 0 aromatic heterocycles. The Balaban J connectivity index is 1.25. The second-order valence-corrected chi connectivity index (χ2v) is 12.7. The van der Waals surface area contributed by atoms with E-state index in [1.807, 2.05) is 71.9 Å². The van der Waals surface area contributed by atoms with E-state index in [9.17, 15) is 5.11 Å². The lowest BCUT2D eigenvalue weighted by Crippen LogP contribution is -2.60. The van der Waals surface area contributed by atoms with Gasteiger partial charge < -0.3 is 43.0 Å². The summed E-state index contributed by atoms with van der Waals surface area (Å²) in [6, 6.07) is 9.74. The zero-order valence-corrected chi connectivity index (χ0v) is 23.2. The van der Waals surface area contributed by atoms with Crippen LogP contribution in [0.25, 0.3) is 0 Å². The van der Waals surface area contributed by atoms with E-state index in [-0.39, 0.29) is 30.1 Å². The lowest BCUT2D eigenvalue weighted by Gasteiger charge is -2.48. The molecule has 212 valence electrons. The van der Waals surface area contributed by atoms with Crippen LogP contribution in [-0.4, -0.2) is 73.3 Å². The Kier molecular flexibility index (Phi) is 6.94. The van der Waals surface area contributed by atoms with E-state index in [2.05, 4.69) is 0 Å². The van der Waals surface area contributed by atoms with Gasteiger partial charge in [-0.15, -0.1) is 0 Å². The molecule has 1 aliphatic carbocycles. The minimum Gasteiger partial charge on any atom is -0.848 e. The van der Waals surface area contributed by atoms with Crippen molar-refractivity contribution in [3.8, 4) is 0 Å². The fourth-order valence-corrected chi connectivity index (χ4v) is 6.90. The summed E-state index contributed by atoms with van der Waals surface area (Å²) in [6.07, 6.45) is -2.63. The van der Waals surface area contributed by atoms with Crippen LogP contribution >= 0.6 is 0 Å². The van der Waals surface area contributed by atoms with Crippen molar-refractivity contribution in [1.82, 2.24) is 0 Å². The number of fused-ring (bicyclic) bond motifs is 1. The van der Waals surface area contributed by atoms with E-state index in [4.69, 9.17) is 37.9 Å². The molecule has 1 unspecified atom stereocenters. The second-order valence-electron chi connectivity index (χ2n) is 12.7. The Morgan fingerprint density at radius 2 is 1.37 bits per heavy atom. The third-order valence-corrected chi connectivity index (χ3v) is 8.41. The lowest BCUT2D eigenvalue weighted by atomic mass is 9.83. The molecule has 4 aliphatic heterocycles. The smallest absolute Gasteiger partial charge is 0.184 e. The summed E-state index contributed by atoms with van der Waals surface area (Å²) in [5.74, 6) is -1.96. The molecule has 38 heavy (non-hydrogen) atoms. The lowest BCUT2D eigenvalue weighted by molar-refractivity contribution is -0.497. The predicted octanol–water partition coefficient (Wildman–Crippen LogP) is 3.05. The number of rotatable bonds is 5. The maximum absolute atomic E-state index is 13.9. The van der Waals surface area contributed by atoms with Gasteiger partial charge in [0.1, 0.15) is 6.10 Å². The summed E-state index contributed by atoms with van der Waals surface area (Å²) in [5.41, 5.74) is 0.870. The van der Waals surface area contributed by atoms with Gasteiger partial charge in [-0.3, -0.25) is 0 Å². The molecule has 5 fully saturated rings. The third kappa shape index (κ3) is 5.30. The van der Waals surface area contributed by atoms with Crippen LogP contribution in [0.15, 0.2) is 30.3 Å². The molecule has 1 aromatic rings. The summed E-state index contributed by atoms with van der Waals surface area (Å²) in [6.45, 7) is 12.2. The SMILES string of the molecule is CC1(C)OC[C@H]([C@H]2OC(c3ccccc3)O[C@@H](C[C@H]3C[C@H]4OC(C)(C)O[C@H]4[C@@H]3[C@H]3COC(C)(C)O3)[C@H]2[O-])O1. The van der Waals surface area contributed by atoms with Crippen LogP contribution in [0.5, 0.6) is 0 Å². The molecule has 6 rings (SSSR count). The fraction of sp³-hybridized carbons (Fsp3) is 0.793. The summed E-state index contributed by atoms with van der Waals surface area (Å²) >= 11 is 0. The molecular weight excluding hydrogens is 492 g/mol. The van der Waals surface area contributed by atoms with Crippen LogP contribution in [0.2, 0.25) is 0 Å². The average molecular weight is 534 g/mol. The molecule has 9 heteroatoms. The van der Waals surface area contributed by atoms with Crippen LogP contribution in [0, 0.1) is 11.8 Å². The quantitative estimate of drug-likeness (QED) is 0.566. The van der Waals surface area contributed by atoms with E-state index in [0.717, 1.165) is 12.0 Å². The van der Waals surface area contributed by atoms with Crippen molar-refractivity contribution >= 4 is 0 Å². The van der Waals surface area contributed by atoms with Gasteiger partial charge in [-0.25, -0.2) is 0 Å². The fourth-order valence-electron chi connectivity index (χ4n) is 6.90. The molecule has 0 radical (unpaired) electrons. The third-order valence-electron chi connectivity index (χ3n) is 8.41. The van der Waals surface area contributed by atoms with Gasteiger partial charge in [-0.05, 0) is 60.3 Å². The maximum atomic E-state index is 13.9. The standard InChI is InChI=1S/C29H41O9/c1-27(2)31-14-20(36-27)22-17(13-19-24(22)38-29(5,6)35-19)12-18-23(30)25(21-15-32-28(3,4)37-21)34-26(33-18)16-10-8-7-9-11-16/h7-11,17-26H,12-15H2,1-6H3/q-1/t17-,18-,19+,20+,21+,22-,23+,24+,25+,26?/m0/s1. The maximum Gasteiger partial charge on any atom is 0.184 e. The number of hydrogen-bond acceptors (Lipinski definition) is 9. The largest absolute Gasteiger partial charge is 0.848 e. The van der Waals surface area contributed by atoms with Gasteiger partial charge in [-0.1, -0.05) is 36.4 Å². The highest BCUT2D eigenvalue weighted by Gasteiger charge is 2.58. The van der Waals surface area contributed by atoms with Gasteiger partial charge >= 0.3 is 0 Å². The number of ether oxygens (including phenoxy) is 8. The molecule has 0 bridgehead atoms. The molecule has 1 saturated carbocycles. The van der Waals surface area contributed by atoms with Crippen LogP contribution in [0.3, 0.4) is 0 Å². The van der Waals surface area contributed by atoms with Gasteiger partial charge in [0.25, 0.3) is 0 Å². The normalized spacial score (nSPS) is 45.3. The Hall–Kier alpha value is -1.14. The zero-order chi connectivity index (χ0) is 26.9. The molecular formula is C29H41O9-. The molecule has 9 nitrogen and oxygen atoms in total. The Morgan fingerprint density at radius 3 is 2.00 bits per heavy atom. The first-order chi connectivity index (χ1) is 17.9. The van der Waals surface area contributed by atoms with Crippen molar-refractivity contribution in [2.24, 2.45) is 11.8 Å². The molecule has 0 amide bonds. The van der Waals surface area contributed by atoms with Crippen LogP contribution in [-0.2, 0) is 37.9 Å². The molecule has 4 heterocycles. The molecule has 4 saturated heterocycles. The highest BCUT2D eigenvalue weighted by atomic mass is 16.8.